The smallest absolute Gasteiger partial charge is 0.255 e. The van der Waals surface area contributed by atoms with Crippen molar-refractivity contribution in [1.29, 1.82) is 5.26 Å². The van der Waals surface area contributed by atoms with Crippen molar-refractivity contribution in [3.8, 4) is 17.5 Å². The Morgan fingerprint density at radius 2 is 2.12 bits per heavy atom. The first-order chi connectivity index (χ1) is 16.0. The van der Waals surface area contributed by atoms with Crippen LogP contribution in [0.1, 0.15) is 49.5 Å². The molecule has 1 aliphatic rings. The standard InChI is InChI=1S/C24H27FN6O3/c1-23(2,33)21(25)13-28-22(32)17-12-27-19(7-18(17)30-15-8-24(3,34)9-15)20-5-4-16-6-14(10-26)11-29-31(16)20/h4-7,11-12,15,21,33-34H,8-9,13H2,1-3H3,(H,27,30)(H,28,32). The third kappa shape index (κ3) is 4.85. The number of alkyl halides is 1. The summed E-state index contributed by atoms with van der Waals surface area (Å²) in [5.74, 6) is -0.531. The summed E-state index contributed by atoms with van der Waals surface area (Å²) >= 11 is 0. The van der Waals surface area contributed by atoms with Crippen LogP contribution < -0.4 is 10.6 Å². The molecule has 178 valence electrons. The average molecular weight is 467 g/mol. The minimum Gasteiger partial charge on any atom is -0.390 e. The molecule has 0 aliphatic heterocycles. The van der Waals surface area contributed by atoms with E-state index >= 15 is 0 Å². The number of rotatable bonds is 7. The van der Waals surface area contributed by atoms with E-state index in [0.717, 1.165) is 5.52 Å². The quantitative estimate of drug-likeness (QED) is 0.420. The van der Waals surface area contributed by atoms with Crippen LogP contribution in [0.4, 0.5) is 10.1 Å². The molecule has 3 heterocycles. The summed E-state index contributed by atoms with van der Waals surface area (Å²) in [7, 11) is 0. The normalized spacial score (nSPS) is 20.9. The summed E-state index contributed by atoms with van der Waals surface area (Å²) in [6.07, 6.45) is 2.26. The van der Waals surface area contributed by atoms with Gasteiger partial charge in [-0.1, -0.05) is 0 Å². The van der Waals surface area contributed by atoms with Gasteiger partial charge in [-0.2, -0.15) is 10.4 Å². The Balaban J connectivity index is 1.65. The number of pyridine rings is 1. The number of halogens is 1. The van der Waals surface area contributed by atoms with Gasteiger partial charge in [0.05, 0.1) is 57.7 Å². The molecule has 0 radical (unpaired) electrons. The molecule has 1 atom stereocenters. The van der Waals surface area contributed by atoms with Gasteiger partial charge in [-0.25, -0.2) is 8.91 Å². The van der Waals surface area contributed by atoms with Crippen LogP contribution in [0.5, 0.6) is 0 Å². The van der Waals surface area contributed by atoms with Crippen molar-refractivity contribution in [3.63, 3.8) is 0 Å². The highest BCUT2D eigenvalue weighted by Gasteiger charge is 2.38. The number of nitriles is 1. The first-order valence-electron chi connectivity index (χ1n) is 11.0. The molecule has 1 unspecified atom stereocenters. The van der Waals surface area contributed by atoms with Gasteiger partial charge in [0.2, 0.25) is 0 Å². The summed E-state index contributed by atoms with van der Waals surface area (Å²) in [5, 5.41) is 39.1. The average Bonchev–Trinajstić information content (AvgIpc) is 3.18. The third-order valence-corrected chi connectivity index (χ3v) is 5.98. The lowest BCUT2D eigenvalue weighted by Gasteiger charge is -2.42. The molecule has 4 N–H and O–H groups in total. The zero-order valence-electron chi connectivity index (χ0n) is 19.2. The van der Waals surface area contributed by atoms with Gasteiger partial charge in [-0.15, -0.1) is 0 Å². The van der Waals surface area contributed by atoms with Crippen LogP contribution in [-0.2, 0) is 0 Å². The lowest BCUT2D eigenvalue weighted by molar-refractivity contribution is -0.0234. The van der Waals surface area contributed by atoms with E-state index in [1.54, 1.807) is 23.6 Å². The molecule has 34 heavy (non-hydrogen) atoms. The summed E-state index contributed by atoms with van der Waals surface area (Å²) in [4.78, 5) is 17.3. The van der Waals surface area contributed by atoms with E-state index in [0.29, 0.717) is 35.5 Å². The molecule has 1 saturated carbocycles. The van der Waals surface area contributed by atoms with Crippen molar-refractivity contribution in [1.82, 2.24) is 19.9 Å². The monoisotopic (exact) mass is 466 g/mol. The van der Waals surface area contributed by atoms with Crippen molar-refractivity contribution in [2.24, 2.45) is 0 Å². The zero-order chi connectivity index (χ0) is 24.7. The van der Waals surface area contributed by atoms with Gasteiger partial charge in [-0.3, -0.25) is 9.78 Å². The lowest BCUT2D eigenvalue weighted by Crippen LogP contribution is -2.48. The molecule has 10 heteroatoms. The maximum absolute atomic E-state index is 14.1. The van der Waals surface area contributed by atoms with E-state index in [1.807, 2.05) is 12.1 Å². The molecule has 0 bridgehead atoms. The van der Waals surface area contributed by atoms with Crippen LogP contribution >= 0.6 is 0 Å². The number of anilines is 1. The molecular weight excluding hydrogens is 439 g/mol. The van der Waals surface area contributed by atoms with Crippen molar-refractivity contribution >= 4 is 17.1 Å². The number of hydrogen-bond acceptors (Lipinski definition) is 7. The van der Waals surface area contributed by atoms with E-state index in [4.69, 9.17) is 5.26 Å². The van der Waals surface area contributed by atoms with Crippen molar-refractivity contribution in [2.45, 2.75) is 57.0 Å². The predicted molar refractivity (Wildman–Crippen MR) is 124 cm³/mol. The Morgan fingerprint density at radius 3 is 2.76 bits per heavy atom. The Hall–Kier alpha value is -3.55. The van der Waals surface area contributed by atoms with E-state index in [1.165, 1.54) is 26.2 Å². The molecule has 9 nitrogen and oxygen atoms in total. The summed E-state index contributed by atoms with van der Waals surface area (Å²) in [6, 6.07) is 9.09. The van der Waals surface area contributed by atoms with Gasteiger partial charge in [-0.05, 0) is 57.9 Å². The molecule has 0 saturated heterocycles. The van der Waals surface area contributed by atoms with Gasteiger partial charge in [0.15, 0.2) is 0 Å². The maximum atomic E-state index is 14.1. The number of hydrogen-bond donors (Lipinski definition) is 4. The lowest BCUT2D eigenvalue weighted by atomic mass is 9.77. The number of nitrogens with one attached hydrogen (secondary N) is 2. The number of aliphatic hydroxyl groups is 2. The molecule has 1 aliphatic carbocycles. The fraction of sp³-hybridized carbons (Fsp3) is 0.417. The highest BCUT2D eigenvalue weighted by Crippen LogP contribution is 2.35. The van der Waals surface area contributed by atoms with Crippen molar-refractivity contribution in [3.05, 3.63) is 47.8 Å². The number of amides is 1. The molecule has 4 rings (SSSR count). The minimum absolute atomic E-state index is 0.0394. The van der Waals surface area contributed by atoms with Crippen LogP contribution in [0.2, 0.25) is 0 Å². The van der Waals surface area contributed by atoms with E-state index < -0.39 is 23.3 Å². The SMILES string of the molecule is CC1(O)CC(Nc2cc(-c3ccc4cc(C#N)cnn34)ncc2C(=O)NCC(F)C(C)(C)O)C1. The Kier molecular flexibility index (Phi) is 6.02. The second-order valence-electron chi connectivity index (χ2n) is 9.60. The second-order valence-corrected chi connectivity index (χ2v) is 9.60. The van der Waals surface area contributed by atoms with Gasteiger partial charge >= 0.3 is 0 Å². The van der Waals surface area contributed by atoms with Crippen molar-refractivity contribution < 1.29 is 19.4 Å². The number of fused-ring (bicyclic) bond motifs is 1. The molecule has 3 aromatic heterocycles. The fourth-order valence-corrected chi connectivity index (χ4v) is 4.00. The van der Waals surface area contributed by atoms with Crippen LogP contribution in [0.15, 0.2) is 36.7 Å². The summed E-state index contributed by atoms with van der Waals surface area (Å²) in [6.45, 7) is 4.08. The molecule has 3 aromatic rings. The molecule has 1 amide bonds. The Bertz CT molecular complexity index is 1270. The highest BCUT2D eigenvalue weighted by molar-refractivity contribution is 6.00. The number of carbonyl (C=O) groups is 1. The van der Waals surface area contributed by atoms with Crippen LogP contribution in [0.3, 0.4) is 0 Å². The van der Waals surface area contributed by atoms with Crippen LogP contribution in [0.25, 0.3) is 16.9 Å². The summed E-state index contributed by atoms with van der Waals surface area (Å²) in [5.41, 5.74) is 0.746. The topological polar surface area (TPSA) is 136 Å². The number of aromatic nitrogens is 3. The predicted octanol–water partition coefficient (Wildman–Crippen LogP) is 2.43. The number of nitrogens with zero attached hydrogens (tertiary/aromatic N) is 4. The third-order valence-electron chi connectivity index (χ3n) is 5.98. The van der Waals surface area contributed by atoms with E-state index in [9.17, 15) is 19.4 Å². The maximum Gasteiger partial charge on any atom is 0.255 e. The van der Waals surface area contributed by atoms with E-state index in [2.05, 4.69) is 26.8 Å². The summed E-state index contributed by atoms with van der Waals surface area (Å²) < 4.78 is 15.8. The minimum atomic E-state index is -1.64. The molecule has 0 aromatic carbocycles. The first-order valence-corrected chi connectivity index (χ1v) is 11.0. The largest absolute Gasteiger partial charge is 0.390 e. The van der Waals surface area contributed by atoms with E-state index in [-0.39, 0.29) is 18.2 Å². The molecular formula is C24H27FN6O3. The molecule has 1 fully saturated rings. The Labute approximate surface area is 196 Å². The van der Waals surface area contributed by atoms with Gasteiger partial charge < -0.3 is 20.8 Å². The van der Waals surface area contributed by atoms with Gasteiger partial charge in [0.1, 0.15) is 12.2 Å². The first kappa shape index (κ1) is 23.6. The zero-order valence-corrected chi connectivity index (χ0v) is 19.2. The number of carbonyl (C=O) groups excluding carboxylic acids is 1. The van der Waals surface area contributed by atoms with Crippen LogP contribution in [-0.4, -0.2) is 60.7 Å². The van der Waals surface area contributed by atoms with Crippen LogP contribution in [0, 0.1) is 11.3 Å². The van der Waals surface area contributed by atoms with Crippen molar-refractivity contribution in [2.75, 3.05) is 11.9 Å². The second kappa shape index (κ2) is 8.66. The Morgan fingerprint density at radius 1 is 1.38 bits per heavy atom. The highest BCUT2D eigenvalue weighted by atomic mass is 19.1. The van der Waals surface area contributed by atoms with Gasteiger partial charge in [0, 0.05) is 12.2 Å². The van der Waals surface area contributed by atoms with Gasteiger partial charge in [0.25, 0.3) is 5.91 Å². The fourth-order valence-electron chi connectivity index (χ4n) is 4.00. The molecule has 0 spiro atoms.